The van der Waals surface area contributed by atoms with E-state index in [1.165, 1.54) is 6.07 Å². The minimum absolute atomic E-state index is 0.0883. The normalized spacial score (nSPS) is 17.1. The molecule has 1 aromatic carbocycles. The molecule has 1 aliphatic heterocycles. The molecular formula is C16H17FN4O2. The van der Waals surface area contributed by atoms with Crippen LogP contribution in [0.25, 0.3) is 0 Å². The molecule has 1 aliphatic rings. The molecule has 2 heterocycles. The number of anilines is 2. The van der Waals surface area contributed by atoms with Gasteiger partial charge in [-0.25, -0.2) is 14.4 Å². The molecule has 0 amide bonds. The summed E-state index contributed by atoms with van der Waals surface area (Å²) < 4.78 is 24.5. The third-order valence-electron chi connectivity index (χ3n) is 3.53. The highest BCUT2D eigenvalue weighted by molar-refractivity contribution is 5.72. The van der Waals surface area contributed by atoms with Crippen LogP contribution in [0.1, 0.15) is 18.0 Å². The molecule has 1 atom stereocenters. The van der Waals surface area contributed by atoms with Crippen molar-refractivity contribution in [1.82, 2.24) is 4.98 Å². The molecule has 0 radical (unpaired) electrons. The maximum atomic E-state index is 14.1. The molecule has 0 fully saturated rings. The number of amidine groups is 1. The van der Waals surface area contributed by atoms with Crippen LogP contribution < -0.4 is 15.8 Å². The van der Waals surface area contributed by atoms with E-state index in [0.29, 0.717) is 35.8 Å². The summed E-state index contributed by atoms with van der Waals surface area (Å²) in [5.74, 6) is 0.834. The fraction of sp³-hybridized carbons (Fsp3) is 0.250. The predicted molar refractivity (Wildman–Crippen MR) is 85.4 cm³/mol. The van der Waals surface area contributed by atoms with Crippen molar-refractivity contribution in [3.8, 4) is 5.75 Å². The van der Waals surface area contributed by atoms with Crippen LogP contribution in [0.5, 0.6) is 5.75 Å². The van der Waals surface area contributed by atoms with Crippen molar-refractivity contribution < 1.29 is 13.9 Å². The second kappa shape index (κ2) is 6.51. The standard InChI is InChI=1S/C16H17FN4O2/c1-22-14-3-2-7-19-15(14)20-10-4-5-12(17)11(9-10)13-6-8-23-16(18)21-13/h2-5,7,9,13H,6,8H2,1H3,(H2,18,21)(H,19,20)/t13-/m0/s1. The van der Waals surface area contributed by atoms with Gasteiger partial charge in [0.2, 0.25) is 0 Å². The quantitative estimate of drug-likeness (QED) is 0.906. The zero-order valence-corrected chi connectivity index (χ0v) is 12.6. The maximum Gasteiger partial charge on any atom is 0.282 e. The van der Waals surface area contributed by atoms with E-state index in [0.717, 1.165) is 0 Å². The Labute approximate surface area is 133 Å². The van der Waals surface area contributed by atoms with Gasteiger partial charge in [-0.05, 0) is 30.3 Å². The zero-order chi connectivity index (χ0) is 16.2. The first-order chi connectivity index (χ1) is 11.2. The van der Waals surface area contributed by atoms with Crippen molar-refractivity contribution in [1.29, 1.82) is 0 Å². The summed E-state index contributed by atoms with van der Waals surface area (Å²) in [6, 6.07) is 8.05. The second-order valence-electron chi connectivity index (χ2n) is 5.04. The molecule has 23 heavy (non-hydrogen) atoms. The third kappa shape index (κ3) is 3.33. The molecule has 3 N–H and O–H groups in total. The number of nitrogens with two attached hydrogens (primary N) is 1. The van der Waals surface area contributed by atoms with Gasteiger partial charge in [0.25, 0.3) is 6.02 Å². The Hall–Kier alpha value is -2.83. The van der Waals surface area contributed by atoms with Gasteiger partial charge in [0.15, 0.2) is 11.6 Å². The summed E-state index contributed by atoms with van der Waals surface area (Å²) in [5, 5.41) is 3.13. The summed E-state index contributed by atoms with van der Waals surface area (Å²) in [6.45, 7) is 0.422. The highest BCUT2D eigenvalue weighted by Crippen LogP contribution is 2.31. The number of rotatable bonds is 4. The lowest BCUT2D eigenvalue weighted by Crippen LogP contribution is -2.24. The van der Waals surface area contributed by atoms with Crippen molar-refractivity contribution in [3.63, 3.8) is 0 Å². The smallest absolute Gasteiger partial charge is 0.282 e. The Balaban J connectivity index is 1.90. The van der Waals surface area contributed by atoms with Gasteiger partial charge in [0.05, 0.1) is 19.8 Å². The molecule has 6 nitrogen and oxygen atoms in total. The van der Waals surface area contributed by atoms with Crippen LogP contribution in [0, 0.1) is 5.82 Å². The van der Waals surface area contributed by atoms with Crippen LogP contribution >= 0.6 is 0 Å². The van der Waals surface area contributed by atoms with Crippen molar-refractivity contribution in [3.05, 3.63) is 47.9 Å². The summed E-state index contributed by atoms with van der Waals surface area (Å²) >= 11 is 0. The van der Waals surface area contributed by atoms with Gasteiger partial charge < -0.3 is 20.5 Å². The van der Waals surface area contributed by atoms with E-state index in [1.54, 1.807) is 37.6 Å². The van der Waals surface area contributed by atoms with Crippen LogP contribution in [0.4, 0.5) is 15.9 Å². The summed E-state index contributed by atoms with van der Waals surface area (Å²) in [6.07, 6.45) is 2.23. The number of aliphatic imine (C=N–C) groups is 1. The Bertz CT molecular complexity index is 736. The topological polar surface area (TPSA) is 81.8 Å². The fourth-order valence-corrected chi connectivity index (χ4v) is 2.42. The molecule has 0 unspecified atom stereocenters. The molecule has 0 saturated heterocycles. The molecule has 0 aliphatic carbocycles. The number of benzene rings is 1. The van der Waals surface area contributed by atoms with Gasteiger partial charge in [-0.1, -0.05) is 0 Å². The van der Waals surface area contributed by atoms with Gasteiger partial charge in [-0.2, -0.15) is 0 Å². The number of aromatic nitrogens is 1. The van der Waals surface area contributed by atoms with Crippen LogP contribution in [0.3, 0.4) is 0 Å². The van der Waals surface area contributed by atoms with Crippen molar-refractivity contribution >= 4 is 17.5 Å². The van der Waals surface area contributed by atoms with Crippen molar-refractivity contribution in [2.45, 2.75) is 12.5 Å². The number of hydrogen-bond donors (Lipinski definition) is 2. The molecule has 1 aromatic heterocycles. The Morgan fingerprint density at radius 3 is 3.04 bits per heavy atom. The highest BCUT2D eigenvalue weighted by Gasteiger charge is 2.20. The number of ether oxygens (including phenoxy) is 2. The Morgan fingerprint density at radius 2 is 2.26 bits per heavy atom. The molecule has 0 spiro atoms. The lowest BCUT2D eigenvalue weighted by molar-refractivity contribution is 0.255. The number of pyridine rings is 1. The fourth-order valence-electron chi connectivity index (χ4n) is 2.42. The van der Waals surface area contributed by atoms with E-state index in [9.17, 15) is 4.39 Å². The third-order valence-corrected chi connectivity index (χ3v) is 3.53. The molecule has 0 saturated carbocycles. The second-order valence-corrected chi connectivity index (χ2v) is 5.04. The molecule has 120 valence electrons. The monoisotopic (exact) mass is 316 g/mol. The first-order valence-corrected chi connectivity index (χ1v) is 7.19. The minimum atomic E-state index is -0.351. The largest absolute Gasteiger partial charge is 0.493 e. The summed E-state index contributed by atoms with van der Waals surface area (Å²) in [7, 11) is 1.57. The van der Waals surface area contributed by atoms with Crippen LogP contribution in [-0.2, 0) is 4.74 Å². The number of hydrogen-bond acceptors (Lipinski definition) is 6. The van der Waals surface area contributed by atoms with E-state index in [2.05, 4.69) is 15.3 Å². The number of nitrogens with zero attached hydrogens (tertiary/aromatic N) is 2. The van der Waals surface area contributed by atoms with Gasteiger partial charge >= 0.3 is 0 Å². The van der Waals surface area contributed by atoms with Gasteiger partial charge in [-0.3, -0.25) is 0 Å². The minimum Gasteiger partial charge on any atom is -0.493 e. The van der Waals surface area contributed by atoms with Gasteiger partial charge in [0.1, 0.15) is 5.82 Å². The first-order valence-electron chi connectivity index (χ1n) is 7.19. The maximum absolute atomic E-state index is 14.1. The average molecular weight is 316 g/mol. The van der Waals surface area contributed by atoms with Gasteiger partial charge in [-0.15, -0.1) is 0 Å². The van der Waals surface area contributed by atoms with E-state index >= 15 is 0 Å². The molecule has 2 aromatic rings. The molecule has 7 heteroatoms. The van der Waals surface area contributed by atoms with E-state index < -0.39 is 0 Å². The van der Waals surface area contributed by atoms with Crippen LogP contribution in [-0.4, -0.2) is 24.7 Å². The van der Waals surface area contributed by atoms with Crippen molar-refractivity contribution in [2.24, 2.45) is 10.7 Å². The Morgan fingerprint density at radius 1 is 1.39 bits per heavy atom. The van der Waals surface area contributed by atoms with E-state index in [4.69, 9.17) is 15.2 Å². The lowest BCUT2D eigenvalue weighted by Gasteiger charge is -2.20. The number of nitrogens with one attached hydrogen (secondary N) is 1. The van der Waals surface area contributed by atoms with Crippen LogP contribution in [0.2, 0.25) is 0 Å². The summed E-state index contributed by atoms with van der Waals surface area (Å²) in [5.41, 5.74) is 6.74. The summed E-state index contributed by atoms with van der Waals surface area (Å²) in [4.78, 5) is 8.38. The SMILES string of the molecule is COc1cccnc1Nc1ccc(F)c([C@@H]2CCOC(N)=N2)c1. The average Bonchev–Trinajstić information content (AvgIpc) is 2.57. The first kappa shape index (κ1) is 15.1. The number of methoxy groups -OCH3 is 1. The zero-order valence-electron chi connectivity index (χ0n) is 12.6. The lowest BCUT2D eigenvalue weighted by atomic mass is 10.0. The van der Waals surface area contributed by atoms with Gasteiger partial charge in [0, 0.05) is 23.9 Å². The predicted octanol–water partition coefficient (Wildman–Crippen LogP) is 2.75. The molecular weight excluding hydrogens is 299 g/mol. The number of halogens is 1. The van der Waals surface area contributed by atoms with Crippen molar-refractivity contribution in [2.75, 3.05) is 19.0 Å². The van der Waals surface area contributed by atoms with E-state index in [-0.39, 0.29) is 17.9 Å². The van der Waals surface area contributed by atoms with Crippen LogP contribution in [0.15, 0.2) is 41.5 Å². The Kier molecular flexibility index (Phi) is 4.27. The van der Waals surface area contributed by atoms with E-state index in [1.807, 2.05) is 0 Å². The molecule has 0 bridgehead atoms. The highest BCUT2D eigenvalue weighted by atomic mass is 19.1. The molecule has 3 rings (SSSR count).